The quantitative estimate of drug-likeness (QED) is 0.605. The molecule has 0 fully saturated rings. The van der Waals surface area contributed by atoms with Gasteiger partial charge in [0, 0.05) is 20.1 Å². The summed E-state index contributed by atoms with van der Waals surface area (Å²) < 4.78 is 0. The fourth-order valence-corrected chi connectivity index (χ4v) is 2.62. The van der Waals surface area contributed by atoms with Crippen molar-refractivity contribution >= 4 is 52.4 Å². The number of carboxylic acid groups (broad SMARTS) is 1. The van der Waals surface area contributed by atoms with Gasteiger partial charge in [0.05, 0.1) is 5.56 Å². The lowest BCUT2D eigenvalue weighted by Gasteiger charge is -2.02. The van der Waals surface area contributed by atoms with E-state index in [1.54, 1.807) is 6.92 Å². The molecule has 1 N–H and O–H groups in total. The molecule has 0 radical (unpaired) electrons. The van der Waals surface area contributed by atoms with E-state index < -0.39 is 5.97 Å². The van der Waals surface area contributed by atoms with E-state index in [0.717, 1.165) is 21.2 Å². The SMILES string of the molecule is Cc1c(Cl)cc(C(=O)O)cc1Cl.Cc1cc(Cl)c(C)c(Cl)c1. The zero-order valence-corrected chi connectivity index (χ0v) is 15.2. The lowest BCUT2D eigenvalue weighted by atomic mass is 10.1. The van der Waals surface area contributed by atoms with Gasteiger partial charge >= 0.3 is 5.97 Å². The Bertz CT molecular complexity index is 665. The maximum absolute atomic E-state index is 10.5. The Kier molecular flexibility index (Phi) is 7.01. The third-order valence-corrected chi connectivity index (χ3v) is 4.52. The van der Waals surface area contributed by atoms with Crippen molar-refractivity contribution in [3.8, 4) is 0 Å². The van der Waals surface area contributed by atoms with Crippen molar-refractivity contribution < 1.29 is 9.90 Å². The molecule has 0 aliphatic rings. The maximum atomic E-state index is 10.5. The number of carboxylic acids is 1. The molecule has 2 nitrogen and oxygen atoms in total. The summed E-state index contributed by atoms with van der Waals surface area (Å²) in [6, 6.07) is 6.57. The summed E-state index contributed by atoms with van der Waals surface area (Å²) in [5.74, 6) is -1.03. The zero-order valence-electron chi connectivity index (χ0n) is 12.2. The van der Waals surface area contributed by atoms with E-state index in [-0.39, 0.29) is 5.56 Å². The van der Waals surface area contributed by atoms with Gasteiger partial charge < -0.3 is 5.11 Å². The minimum atomic E-state index is -1.03. The molecule has 0 heterocycles. The molecule has 0 saturated heterocycles. The average molecular weight is 380 g/mol. The number of halogens is 4. The highest BCUT2D eigenvalue weighted by Gasteiger charge is 2.08. The first kappa shape index (κ1) is 19.1. The predicted molar refractivity (Wildman–Crippen MR) is 94.1 cm³/mol. The van der Waals surface area contributed by atoms with Crippen LogP contribution in [0.3, 0.4) is 0 Å². The van der Waals surface area contributed by atoms with Gasteiger partial charge in [-0.3, -0.25) is 0 Å². The summed E-state index contributed by atoms with van der Waals surface area (Å²) in [6.45, 7) is 5.61. The van der Waals surface area contributed by atoms with Crippen LogP contribution in [0.5, 0.6) is 0 Å². The molecule has 0 bridgehead atoms. The summed E-state index contributed by atoms with van der Waals surface area (Å²) in [5, 5.41) is 10.8. The van der Waals surface area contributed by atoms with Crippen LogP contribution in [0.4, 0.5) is 0 Å². The average Bonchev–Trinajstić information content (AvgIpc) is 2.42. The molecule has 2 rings (SSSR count). The number of aromatic carboxylic acids is 1. The molecule has 2 aromatic carbocycles. The molecule has 22 heavy (non-hydrogen) atoms. The highest BCUT2D eigenvalue weighted by molar-refractivity contribution is 6.36. The lowest BCUT2D eigenvalue weighted by molar-refractivity contribution is 0.0697. The number of hydrogen-bond acceptors (Lipinski definition) is 1. The molecule has 118 valence electrons. The largest absolute Gasteiger partial charge is 0.478 e. The molecule has 0 aliphatic heterocycles. The Morgan fingerprint density at radius 3 is 1.41 bits per heavy atom. The molecule has 0 aromatic heterocycles. The van der Waals surface area contributed by atoms with Crippen molar-refractivity contribution in [2.45, 2.75) is 20.8 Å². The summed E-state index contributed by atoms with van der Waals surface area (Å²) in [6.07, 6.45) is 0. The molecule has 0 unspecified atom stereocenters. The zero-order chi connectivity index (χ0) is 17.0. The second-order valence-corrected chi connectivity index (χ2v) is 6.35. The molecule has 0 saturated carbocycles. The Hall–Kier alpha value is -0.930. The van der Waals surface area contributed by atoms with Gasteiger partial charge in [0.1, 0.15) is 0 Å². The van der Waals surface area contributed by atoms with Crippen LogP contribution in [0, 0.1) is 20.8 Å². The predicted octanol–water partition coefficient (Wildman–Crippen LogP) is 6.61. The number of aryl methyl sites for hydroxylation is 1. The standard InChI is InChI=1S/C8H6Cl2O2.C8H8Cl2/c1-4-6(9)2-5(8(11)12)3-7(4)10;1-5-3-7(9)6(2)8(10)4-5/h2-3H,1H3,(H,11,12);3-4H,1-2H3. The second kappa shape index (κ2) is 8.07. The summed E-state index contributed by atoms with van der Waals surface area (Å²) in [5.41, 5.74) is 2.86. The van der Waals surface area contributed by atoms with Gasteiger partial charge in [-0.25, -0.2) is 4.79 Å². The molecular weight excluding hydrogens is 366 g/mol. The molecule has 0 spiro atoms. The van der Waals surface area contributed by atoms with Crippen molar-refractivity contribution in [3.63, 3.8) is 0 Å². The van der Waals surface area contributed by atoms with Crippen LogP contribution in [0.15, 0.2) is 24.3 Å². The number of carbonyl (C=O) groups is 1. The van der Waals surface area contributed by atoms with E-state index in [1.807, 2.05) is 26.0 Å². The smallest absolute Gasteiger partial charge is 0.335 e. The van der Waals surface area contributed by atoms with E-state index >= 15 is 0 Å². The number of rotatable bonds is 1. The van der Waals surface area contributed by atoms with E-state index in [2.05, 4.69) is 0 Å². The van der Waals surface area contributed by atoms with Gasteiger partial charge in [0.15, 0.2) is 0 Å². The van der Waals surface area contributed by atoms with Gasteiger partial charge in [0.25, 0.3) is 0 Å². The minimum absolute atomic E-state index is 0.107. The minimum Gasteiger partial charge on any atom is -0.478 e. The Balaban J connectivity index is 0.000000224. The van der Waals surface area contributed by atoms with E-state index in [9.17, 15) is 4.79 Å². The summed E-state index contributed by atoms with van der Waals surface area (Å²) in [7, 11) is 0. The van der Waals surface area contributed by atoms with Crippen LogP contribution in [0.2, 0.25) is 20.1 Å². The van der Waals surface area contributed by atoms with E-state index in [1.165, 1.54) is 12.1 Å². The molecular formula is C16H14Cl4O2. The van der Waals surface area contributed by atoms with Crippen molar-refractivity contribution in [3.05, 3.63) is 66.6 Å². The molecule has 0 amide bonds. The first-order valence-corrected chi connectivity index (χ1v) is 7.75. The Labute approximate surface area is 149 Å². The first-order chi connectivity index (χ1) is 10.1. The van der Waals surface area contributed by atoms with Crippen LogP contribution < -0.4 is 0 Å². The molecule has 6 heteroatoms. The van der Waals surface area contributed by atoms with E-state index in [0.29, 0.717) is 15.6 Å². The van der Waals surface area contributed by atoms with Crippen molar-refractivity contribution in [2.75, 3.05) is 0 Å². The highest BCUT2D eigenvalue weighted by atomic mass is 35.5. The van der Waals surface area contributed by atoms with Crippen molar-refractivity contribution in [1.82, 2.24) is 0 Å². The number of hydrogen-bond donors (Lipinski definition) is 1. The third kappa shape index (κ3) is 5.06. The second-order valence-electron chi connectivity index (χ2n) is 4.72. The first-order valence-electron chi connectivity index (χ1n) is 6.24. The Morgan fingerprint density at radius 2 is 1.09 bits per heavy atom. The lowest BCUT2D eigenvalue weighted by Crippen LogP contribution is -1.96. The summed E-state index contributed by atoms with van der Waals surface area (Å²) in [4.78, 5) is 10.5. The van der Waals surface area contributed by atoms with Crippen LogP contribution in [-0.4, -0.2) is 11.1 Å². The van der Waals surface area contributed by atoms with Gasteiger partial charge in [-0.05, 0) is 61.7 Å². The van der Waals surface area contributed by atoms with Gasteiger partial charge in [-0.2, -0.15) is 0 Å². The van der Waals surface area contributed by atoms with Crippen LogP contribution in [0.1, 0.15) is 27.0 Å². The summed E-state index contributed by atoms with van der Waals surface area (Å²) >= 11 is 23.1. The highest BCUT2D eigenvalue weighted by Crippen LogP contribution is 2.25. The molecule has 2 aromatic rings. The van der Waals surface area contributed by atoms with Crippen molar-refractivity contribution in [2.24, 2.45) is 0 Å². The normalized spacial score (nSPS) is 9.95. The number of benzene rings is 2. The maximum Gasteiger partial charge on any atom is 0.335 e. The Morgan fingerprint density at radius 1 is 0.773 bits per heavy atom. The monoisotopic (exact) mass is 378 g/mol. The van der Waals surface area contributed by atoms with E-state index in [4.69, 9.17) is 51.5 Å². The third-order valence-electron chi connectivity index (χ3n) is 2.95. The molecule has 0 aliphatic carbocycles. The van der Waals surface area contributed by atoms with Gasteiger partial charge in [-0.15, -0.1) is 0 Å². The van der Waals surface area contributed by atoms with Crippen LogP contribution in [0.25, 0.3) is 0 Å². The van der Waals surface area contributed by atoms with Gasteiger partial charge in [-0.1, -0.05) is 46.4 Å². The van der Waals surface area contributed by atoms with Crippen LogP contribution >= 0.6 is 46.4 Å². The fourth-order valence-electron chi connectivity index (χ4n) is 1.54. The van der Waals surface area contributed by atoms with Crippen LogP contribution in [-0.2, 0) is 0 Å². The van der Waals surface area contributed by atoms with Gasteiger partial charge in [0.2, 0.25) is 0 Å². The molecule has 0 atom stereocenters. The topological polar surface area (TPSA) is 37.3 Å². The van der Waals surface area contributed by atoms with Crippen molar-refractivity contribution in [1.29, 1.82) is 0 Å². The fraction of sp³-hybridized carbons (Fsp3) is 0.188.